The van der Waals surface area contributed by atoms with E-state index in [0.717, 1.165) is 58.4 Å². The van der Waals surface area contributed by atoms with Crippen LogP contribution in [-0.2, 0) is 16.2 Å². The third kappa shape index (κ3) is 6.14. The first-order chi connectivity index (χ1) is 28.7. The van der Waals surface area contributed by atoms with Crippen molar-refractivity contribution in [3.8, 4) is 0 Å². The average molecular weight is 784 g/mol. The Bertz CT molecular complexity index is 2730. The van der Waals surface area contributed by atoms with Gasteiger partial charge in [-0.15, -0.1) is 0 Å². The van der Waals surface area contributed by atoms with Crippen LogP contribution in [-0.4, -0.2) is 16.7 Å². The van der Waals surface area contributed by atoms with Crippen molar-refractivity contribution in [2.24, 2.45) is 0 Å². The van der Waals surface area contributed by atoms with Gasteiger partial charge in [-0.05, 0) is 131 Å². The molecular weight excluding hydrogens is 729 g/mol. The third-order valence-electron chi connectivity index (χ3n) is 13.4. The molecule has 1 aromatic heterocycles. The summed E-state index contributed by atoms with van der Waals surface area (Å²) in [7, 11) is 0. The van der Waals surface area contributed by atoms with Gasteiger partial charge in [-0.25, -0.2) is 0 Å². The summed E-state index contributed by atoms with van der Waals surface area (Å²) < 4.78 is 0. The third-order valence-corrected chi connectivity index (χ3v) is 13.4. The number of hydrogen-bond acceptors (Lipinski definition) is 5. The summed E-state index contributed by atoms with van der Waals surface area (Å²) >= 11 is 0. The lowest BCUT2D eigenvalue weighted by molar-refractivity contribution is 0.332. The first-order valence-corrected chi connectivity index (χ1v) is 21.6. The van der Waals surface area contributed by atoms with E-state index in [-0.39, 0.29) is 23.0 Å². The molecule has 60 heavy (non-hydrogen) atoms. The fourth-order valence-electron chi connectivity index (χ4n) is 9.85. The first kappa shape index (κ1) is 38.1. The second-order valence-electron chi connectivity index (χ2n) is 19.6. The second-order valence-corrected chi connectivity index (χ2v) is 19.6. The van der Waals surface area contributed by atoms with Crippen molar-refractivity contribution in [3.05, 3.63) is 167 Å². The summed E-state index contributed by atoms with van der Waals surface area (Å²) in [4.78, 5) is 18.6. The van der Waals surface area contributed by atoms with Crippen LogP contribution in [0.3, 0.4) is 0 Å². The van der Waals surface area contributed by atoms with Crippen LogP contribution in [0.1, 0.15) is 89.1 Å². The minimum absolute atomic E-state index is 0.0152. The molecule has 0 amide bonds. The summed E-state index contributed by atoms with van der Waals surface area (Å²) in [5.41, 5.74) is 16.9. The SMILES string of the molecule is Cc1ccc(N2c3ccc(C)cc3B3c4cc5c(cc4N(c4ccc(C(C)(C)C)cc4)c4nc(N(c6ccccc6)c6ccccc6)nc2c43)C(C)(C)CCC5(C)C)cc1. The molecule has 0 radical (unpaired) electrons. The van der Waals surface area contributed by atoms with Crippen LogP contribution in [0.15, 0.2) is 140 Å². The van der Waals surface area contributed by atoms with Gasteiger partial charge in [0.1, 0.15) is 11.6 Å². The number of anilines is 9. The quantitative estimate of drug-likeness (QED) is 0.162. The molecule has 0 unspecified atom stereocenters. The number of rotatable bonds is 5. The predicted octanol–water partition coefficient (Wildman–Crippen LogP) is 12.3. The molecule has 3 aliphatic rings. The number of fused-ring (bicyclic) bond motifs is 5. The molecule has 0 N–H and O–H groups in total. The van der Waals surface area contributed by atoms with E-state index in [0.29, 0.717) is 5.95 Å². The molecule has 0 bridgehead atoms. The molecule has 6 heteroatoms. The van der Waals surface area contributed by atoms with Crippen molar-refractivity contribution in [2.75, 3.05) is 14.7 Å². The van der Waals surface area contributed by atoms with E-state index in [1.807, 2.05) is 0 Å². The average Bonchev–Trinajstić information content (AvgIpc) is 3.23. The van der Waals surface area contributed by atoms with Crippen LogP contribution in [0.2, 0.25) is 0 Å². The number of nitrogens with zero attached hydrogens (tertiary/aromatic N) is 5. The highest BCUT2D eigenvalue weighted by Gasteiger charge is 2.48. The Morgan fingerprint density at radius 2 is 1.03 bits per heavy atom. The van der Waals surface area contributed by atoms with Gasteiger partial charge in [0.05, 0.1) is 0 Å². The maximum absolute atomic E-state index is 5.82. The normalized spacial score (nSPS) is 15.8. The molecule has 3 heterocycles. The monoisotopic (exact) mass is 783 g/mol. The molecule has 0 spiro atoms. The van der Waals surface area contributed by atoms with E-state index in [2.05, 4.69) is 217 Å². The number of hydrogen-bond donors (Lipinski definition) is 0. The molecular formula is C54H54BN5. The Labute approximate surface area is 356 Å². The van der Waals surface area contributed by atoms with Gasteiger partial charge in [-0.1, -0.05) is 138 Å². The Kier molecular flexibility index (Phi) is 8.70. The minimum atomic E-state index is -0.0891. The van der Waals surface area contributed by atoms with Gasteiger partial charge in [0, 0.05) is 39.6 Å². The van der Waals surface area contributed by atoms with E-state index in [1.54, 1.807) is 0 Å². The molecule has 5 nitrogen and oxygen atoms in total. The van der Waals surface area contributed by atoms with Gasteiger partial charge in [0.2, 0.25) is 5.95 Å². The van der Waals surface area contributed by atoms with Gasteiger partial charge in [0.25, 0.3) is 6.71 Å². The van der Waals surface area contributed by atoms with Crippen molar-refractivity contribution in [1.29, 1.82) is 0 Å². The number of aryl methyl sites for hydroxylation is 2. The summed E-state index contributed by atoms with van der Waals surface area (Å²) in [5.74, 6) is 2.42. The molecule has 10 rings (SSSR count). The molecule has 7 aromatic rings. The van der Waals surface area contributed by atoms with Crippen molar-refractivity contribution in [1.82, 2.24) is 9.97 Å². The van der Waals surface area contributed by atoms with E-state index >= 15 is 0 Å². The molecule has 0 atom stereocenters. The van der Waals surface area contributed by atoms with Gasteiger partial charge in [-0.2, -0.15) is 9.97 Å². The Hall–Kier alpha value is -6.14. The van der Waals surface area contributed by atoms with Crippen LogP contribution in [0.4, 0.5) is 51.7 Å². The van der Waals surface area contributed by atoms with E-state index in [9.17, 15) is 0 Å². The van der Waals surface area contributed by atoms with Gasteiger partial charge in [-0.3, -0.25) is 14.7 Å². The van der Waals surface area contributed by atoms with E-state index < -0.39 is 0 Å². The van der Waals surface area contributed by atoms with Crippen molar-refractivity contribution in [2.45, 2.75) is 91.4 Å². The summed E-state index contributed by atoms with van der Waals surface area (Å²) in [6.45, 7) is 20.9. The lowest BCUT2D eigenvalue weighted by Crippen LogP contribution is -2.62. The zero-order valence-corrected chi connectivity index (χ0v) is 36.5. The molecule has 2 aliphatic heterocycles. The largest absolute Gasteiger partial charge is 0.296 e. The highest BCUT2D eigenvalue weighted by molar-refractivity contribution is 7.00. The fourth-order valence-corrected chi connectivity index (χ4v) is 9.85. The molecule has 6 aromatic carbocycles. The maximum Gasteiger partial charge on any atom is 0.256 e. The van der Waals surface area contributed by atoms with Crippen molar-refractivity contribution >= 4 is 74.8 Å². The summed E-state index contributed by atoms with van der Waals surface area (Å²) in [5, 5.41) is 0. The summed E-state index contributed by atoms with van der Waals surface area (Å²) in [6, 6.07) is 51.3. The minimum Gasteiger partial charge on any atom is -0.296 e. The topological polar surface area (TPSA) is 35.5 Å². The predicted molar refractivity (Wildman–Crippen MR) is 254 cm³/mol. The van der Waals surface area contributed by atoms with Crippen LogP contribution in [0, 0.1) is 13.8 Å². The summed E-state index contributed by atoms with van der Waals surface area (Å²) in [6.07, 6.45) is 2.29. The van der Waals surface area contributed by atoms with Gasteiger partial charge in [0.15, 0.2) is 0 Å². The fraction of sp³-hybridized carbons (Fsp3) is 0.259. The second kappa shape index (κ2) is 13.7. The van der Waals surface area contributed by atoms with Crippen molar-refractivity contribution in [3.63, 3.8) is 0 Å². The first-order valence-electron chi connectivity index (χ1n) is 21.6. The maximum atomic E-state index is 5.82. The standard InChI is InChI=1S/C54H54BN5/c1-35-20-25-40(26-21-35)59-46-29-22-36(2)32-44(46)55-45-33-42-43(54(8,9)31-30-53(42,6)7)34-47(45)60(41-27-23-37(24-28-41)52(3,4)5)50-48(55)49(59)56-51(57-50)58(38-16-12-10-13-17-38)39-18-14-11-15-19-39/h10-29,32-34H,30-31H2,1-9H3. The Morgan fingerprint density at radius 1 is 0.550 bits per heavy atom. The zero-order valence-electron chi connectivity index (χ0n) is 36.5. The Morgan fingerprint density at radius 3 is 1.58 bits per heavy atom. The van der Waals surface area contributed by atoms with Crippen LogP contribution in [0.25, 0.3) is 0 Å². The van der Waals surface area contributed by atoms with Gasteiger partial charge >= 0.3 is 0 Å². The molecule has 0 saturated heterocycles. The van der Waals surface area contributed by atoms with E-state index in [4.69, 9.17) is 9.97 Å². The number of benzene rings is 6. The van der Waals surface area contributed by atoms with Crippen molar-refractivity contribution < 1.29 is 0 Å². The number of para-hydroxylation sites is 2. The zero-order chi connectivity index (χ0) is 41.7. The molecule has 298 valence electrons. The molecule has 0 saturated carbocycles. The van der Waals surface area contributed by atoms with E-state index in [1.165, 1.54) is 44.4 Å². The number of aromatic nitrogens is 2. The van der Waals surface area contributed by atoms with Crippen LogP contribution >= 0.6 is 0 Å². The molecule has 0 fully saturated rings. The highest BCUT2D eigenvalue weighted by atomic mass is 15.3. The smallest absolute Gasteiger partial charge is 0.256 e. The highest BCUT2D eigenvalue weighted by Crippen LogP contribution is 2.50. The lowest BCUT2D eigenvalue weighted by Gasteiger charge is -2.46. The Balaban J connectivity index is 1.36. The molecule has 1 aliphatic carbocycles. The van der Waals surface area contributed by atoms with Crippen LogP contribution < -0.4 is 31.1 Å². The van der Waals surface area contributed by atoms with Crippen LogP contribution in [0.5, 0.6) is 0 Å². The lowest BCUT2D eigenvalue weighted by atomic mass is 9.33. The van der Waals surface area contributed by atoms with Gasteiger partial charge < -0.3 is 0 Å².